The summed E-state index contributed by atoms with van der Waals surface area (Å²) < 4.78 is 28.0. The number of hydrogen-bond acceptors (Lipinski definition) is 5. The van der Waals surface area contributed by atoms with E-state index in [-0.39, 0.29) is 27.4 Å². The molecule has 0 atom stereocenters. The Balaban J connectivity index is 2.67. The van der Waals surface area contributed by atoms with Crippen LogP contribution in [0.15, 0.2) is 18.2 Å². The molecule has 0 aliphatic carbocycles. The van der Waals surface area contributed by atoms with Gasteiger partial charge in [0.1, 0.15) is 0 Å². The summed E-state index contributed by atoms with van der Waals surface area (Å²) in [4.78, 5) is 0. The molecule has 0 radical (unpaired) electrons. The van der Waals surface area contributed by atoms with Gasteiger partial charge in [-0.3, -0.25) is 5.41 Å². The summed E-state index contributed by atoms with van der Waals surface area (Å²) in [6.45, 7) is 0. The summed E-state index contributed by atoms with van der Waals surface area (Å²) in [6.07, 6.45) is 0. The van der Waals surface area contributed by atoms with E-state index < -0.39 is 10.1 Å². The van der Waals surface area contributed by atoms with Gasteiger partial charge in [-0.1, -0.05) is 35.0 Å². The second-order valence-electron chi connectivity index (χ2n) is 3.13. The van der Waals surface area contributed by atoms with Crippen molar-refractivity contribution < 1.29 is 12.6 Å². The maximum atomic E-state index is 11.6. The Hall–Kier alpha value is -0.630. The molecular weight excluding hydrogens is 319 g/mol. The van der Waals surface area contributed by atoms with Gasteiger partial charge in [0.15, 0.2) is 10.9 Å². The topological polar surface area (TPSA) is 93.2 Å². The third kappa shape index (κ3) is 5.34. The van der Waals surface area contributed by atoms with Gasteiger partial charge in [0.25, 0.3) is 0 Å². The highest BCUT2D eigenvalue weighted by Gasteiger charge is 2.15. The predicted molar refractivity (Wildman–Crippen MR) is 75.2 cm³/mol. The first-order valence-corrected chi connectivity index (χ1v) is 7.96. The summed E-state index contributed by atoms with van der Waals surface area (Å²) in [5, 5.41) is 7.31. The first kappa shape index (κ1) is 15.4. The molecule has 0 saturated heterocycles. The van der Waals surface area contributed by atoms with E-state index in [0.717, 1.165) is 11.8 Å². The Labute approximate surface area is 119 Å². The number of nitrogens with one attached hydrogen (secondary N) is 1. The van der Waals surface area contributed by atoms with Crippen molar-refractivity contribution in [3.05, 3.63) is 28.2 Å². The number of benzene rings is 1. The molecule has 100 valence electrons. The molecule has 0 unspecified atom stereocenters. The summed E-state index contributed by atoms with van der Waals surface area (Å²) >= 11 is 12.4. The molecule has 0 heterocycles. The van der Waals surface area contributed by atoms with Crippen molar-refractivity contribution in [1.29, 1.82) is 5.41 Å². The lowest BCUT2D eigenvalue weighted by Crippen LogP contribution is -2.17. The van der Waals surface area contributed by atoms with Gasteiger partial charge in [0.2, 0.25) is 0 Å². The molecule has 0 bridgehead atoms. The maximum Gasteiger partial charge on any atom is 0.310 e. The molecule has 18 heavy (non-hydrogen) atoms. The molecule has 0 amide bonds. The molecule has 0 aromatic heterocycles. The zero-order chi connectivity index (χ0) is 13.8. The van der Waals surface area contributed by atoms with E-state index in [9.17, 15) is 8.42 Å². The van der Waals surface area contributed by atoms with Crippen molar-refractivity contribution in [3.63, 3.8) is 0 Å². The first-order valence-electron chi connectivity index (χ1n) is 4.64. The van der Waals surface area contributed by atoms with E-state index >= 15 is 0 Å². The molecular formula is C9H10Cl2N2O3S2. The van der Waals surface area contributed by atoms with Crippen molar-refractivity contribution in [2.24, 2.45) is 5.73 Å². The molecule has 0 aliphatic rings. The number of halogens is 2. The summed E-state index contributed by atoms with van der Waals surface area (Å²) in [6, 6.07) is 4.24. The number of nitrogens with two attached hydrogens (primary N) is 1. The van der Waals surface area contributed by atoms with Crippen molar-refractivity contribution in [2.75, 3.05) is 11.5 Å². The molecule has 5 nitrogen and oxygen atoms in total. The molecule has 0 fully saturated rings. The monoisotopic (exact) mass is 328 g/mol. The highest BCUT2D eigenvalue weighted by Crippen LogP contribution is 2.28. The van der Waals surface area contributed by atoms with Crippen LogP contribution in [0.5, 0.6) is 5.75 Å². The standard InChI is InChI=1S/C9H10Cl2N2O3S2/c10-6-1-2-8(7(11)5-6)16-18(14,15)4-3-17-9(12)13/h1-2,5H,3-4H2,(H3,12,13). The average molecular weight is 329 g/mol. The minimum Gasteiger partial charge on any atom is -0.381 e. The summed E-state index contributed by atoms with van der Waals surface area (Å²) in [5.74, 6) is -0.104. The van der Waals surface area contributed by atoms with Crippen LogP contribution in [0.2, 0.25) is 10.0 Å². The molecule has 0 spiro atoms. The van der Waals surface area contributed by atoms with E-state index in [2.05, 4.69) is 0 Å². The van der Waals surface area contributed by atoms with Crippen molar-refractivity contribution >= 4 is 50.2 Å². The van der Waals surface area contributed by atoms with Gasteiger partial charge in [-0.25, -0.2) is 0 Å². The number of amidine groups is 1. The zero-order valence-corrected chi connectivity index (χ0v) is 12.2. The van der Waals surface area contributed by atoms with Crippen LogP contribution in [0.25, 0.3) is 0 Å². The number of rotatable bonds is 5. The van der Waals surface area contributed by atoms with E-state index in [1.54, 1.807) is 0 Å². The number of hydrogen-bond donors (Lipinski definition) is 2. The van der Waals surface area contributed by atoms with Crippen LogP contribution in [-0.2, 0) is 10.1 Å². The third-order valence-electron chi connectivity index (χ3n) is 1.70. The zero-order valence-electron chi connectivity index (χ0n) is 9.02. The van der Waals surface area contributed by atoms with Crippen molar-refractivity contribution in [1.82, 2.24) is 0 Å². The highest BCUT2D eigenvalue weighted by atomic mass is 35.5. The van der Waals surface area contributed by atoms with Gasteiger partial charge in [0.05, 0.1) is 10.8 Å². The molecule has 0 aliphatic heterocycles. The van der Waals surface area contributed by atoms with Crippen LogP contribution >= 0.6 is 35.0 Å². The maximum absolute atomic E-state index is 11.6. The minimum atomic E-state index is -3.77. The SMILES string of the molecule is N=C(N)SCCS(=O)(=O)Oc1ccc(Cl)cc1Cl. The Kier molecular flexibility index (Phi) is 5.58. The molecule has 1 aromatic carbocycles. The Bertz CT molecular complexity index is 549. The molecule has 3 N–H and O–H groups in total. The third-order valence-corrected chi connectivity index (χ3v) is 4.35. The van der Waals surface area contributed by atoms with Crippen molar-refractivity contribution in [2.45, 2.75) is 0 Å². The first-order chi connectivity index (χ1) is 8.30. The van der Waals surface area contributed by atoms with Gasteiger partial charge >= 0.3 is 10.1 Å². The predicted octanol–water partition coefficient (Wildman–Crippen LogP) is 2.33. The van der Waals surface area contributed by atoms with E-state index in [0.29, 0.717) is 5.02 Å². The Morgan fingerprint density at radius 1 is 1.44 bits per heavy atom. The lowest BCUT2D eigenvalue weighted by atomic mass is 10.3. The molecule has 9 heteroatoms. The van der Waals surface area contributed by atoms with Gasteiger partial charge in [0, 0.05) is 10.8 Å². The molecule has 1 aromatic rings. The molecule has 1 rings (SSSR count). The molecule has 0 saturated carbocycles. The van der Waals surface area contributed by atoms with Crippen LogP contribution in [0.3, 0.4) is 0 Å². The van der Waals surface area contributed by atoms with Crippen LogP contribution in [0.1, 0.15) is 0 Å². The van der Waals surface area contributed by atoms with Crippen LogP contribution in [0, 0.1) is 5.41 Å². The summed E-state index contributed by atoms with van der Waals surface area (Å²) in [5.41, 5.74) is 5.09. The lowest BCUT2D eigenvalue weighted by Gasteiger charge is -2.08. The fourth-order valence-corrected chi connectivity index (χ4v) is 3.34. The van der Waals surface area contributed by atoms with Crippen LogP contribution in [0.4, 0.5) is 0 Å². The fraction of sp³-hybridized carbons (Fsp3) is 0.222. The van der Waals surface area contributed by atoms with Crippen molar-refractivity contribution in [3.8, 4) is 5.75 Å². The summed E-state index contributed by atoms with van der Waals surface area (Å²) in [7, 11) is -3.77. The number of thioether (sulfide) groups is 1. The second kappa shape index (κ2) is 6.51. The van der Waals surface area contributed by atoms with Gasteiger partial charge < -0.3 is 9.92 Å². The van der Waals surface area contributed by atoms with E-state index in [1.807, 2.05) is 0 Å². The highest BCUT2D eigenvalue weighted by molar-refractivity contribution is 8.14. The van der Waals surface area contributed by atoms with Gasteiger partial charge in [-0.15, -0.1) is 0 Å². The van der Waals surface area contributed by atoms with Gasteiger partial charge in [-0.2, -0.15) is 8.42 Å². The van der Waals surface area contributed by atoms with E-state index in [4.69, 9.17) is 38.5 Å². The largest absolute Gasteiger partial charge is 0.381 e. The quantitative estimate of drug-likeness (QED) is 0.491. The normalized spacial score (nSPS) is 11.2. The average Bonchev–Trinajstić information content (AvgIpc) is 2.21. The van der Waals surface area contributed by atoms with Crippen LogP contribution in [-0.4, -0.2) is 25.1 Å². The Morgan fingerprint density at radius 2 is 2.11 bits per heavy atom. The van der Waals surface area contributed by atoms with E-state index in [1.165, 1.54) is 18.2 Å². The van der Waals surface area contributed by atoms with Crippen LogP contribution < -0.4 is 9.92 Å². The smallest absolute Gasteiger partial charge is 0.310 e. The van der Waals surface area contributed by atoms with Gasteiger partial charge in [-0.05, 0) is 18.2 Å². The fourth-order valence-electron chi connectivity index (χ4n) is 0.975. The second-order valence-corrected chi connectivity index (χ2v) is 6.80. The lowest BCUT2D eigenvalue weighted by molar-refractivity contribution is 0.488. The minimum absolute atomic E-state index is 0.0221. The Morgan fingerprint density at radius 3 is 2.67 bits per heavy atom.